The van der Waals surface area contributed by atoms with Gasteiger partial charge in [0.1, 0.15) is 11.5 Å². The van der Waals surface area contributed by atoms with Crippen LogP contribution in [0.25, 0.3) is 0 Å². The molecule has 0 saturated heterocycles. The van der Waals surface area contributed by atoms with Crippen LogP contribution in [0.3, 0.4) is 0 Å². The number of carbonyl (C=O) groups excluding carboxylic acids is 1. The summed E-state index contributed by atoms with van der Waals surface area (Å²) < 4.78 is 15.9. The van der Waals surface area contributed by atoms with Gasteiger partial charge < -0.3 is 24.3 Å². The van der Waals surface area contributed by atoms with Gasteiger partial charge in [-0.1, -0.05) is 6.07 Å². The van der Waals surface area contributed by atoms with E-state index in [1.165, 1.54) is 0 Å². The zero-order chi connectivity index (χ0) is 16.4. The second-order valence-corrected chi connectivity index (χ2v) is 5.50. The van der Waals surface area contributed by atoms with Gasteiger partial charge in [-0.15, -0.1) is 0 Å². The van der Waals surface area contributed by atoms with Crippen molar-refractivity contribution in [2.24, 2.45) is 0 Å². The first-order valence-electron chi connectivity index (χ1n) is 7.47. The third-order valence-electron chi connectivity index (χ3n) is 3.77. The Bertz CT molecular complexity index is 722. The molecule has 122 valence electrons. The van der Waals surface area contributed by atoms with Crippen molar-refractivity contribution in [3.63, 3.8) is 0 Å². The van der Waals surface area contributed by atoms with Crippen LogP contribution in [0.15, 0.2) is 28.7 Å². The van der Waals surface area contributed by atoms with Crippen LogP contribution < -0.4 is 14.8 Å². The molecule has 0 bridgehead atoms. The van der Waals surface area contributed by atoms with Crippen LogP contribution >= 0.6 is 0 Å². The predicted octanol–water partition coefficient (Wildman–Crippen LogP) is 2.48. The molecule has 2 aromatic rings. The lowest BCUT2D eigenvalue weighted by atomic mass is 10.1. The third kappa shape index (κ3) is 3.32. The van der Waals surface area contributed by atoms with E-state index in [-0.39, 0.29) is 12.7 Å². The van der Waals surface area contributed by atoms with Crippen molar-refractivity contribution in [2.45, 2.75) is 26.4 Å². The van der Waals surface area contributed by atoms with Gasteiger partial charge in [-0.05, 0) is 44.0 Å². The fourth-order valence-electron chi connectivity index (χ4n) is 2.56. The highest BCUT2D eigenvalue weighted by atomic mass is 16.7. The summed E-state index contributed by atoms with van der Waals surface area (Å²) >= 11 is 0. The first-order chi connectivity index (χ1) is 11.0. The zero-order valence-corrected chi connectivity index (χ0v) is 13.1. The number of aryl methyl sites for hydroxylation is 2. The van der Waals surface area contributed by atoms with Gasteiger partial charge >= 0.3 is 0 Å². The molecule has 6 nitrogen and oxygen atoms in total. The van der Waals surface area contributed by atoms with Gasteiger partial charge in [0.25, 0.3) is 5.91 Å². The molecule has 2 heterocycles. The Kier molecular flexibility index (Phi) is 4.25. The highest BCUT2D eigenvalue weighted by Gasteiger charge is 2.17. The minimum absolute atomic E-state index is 0.197. The molecule has 0 fully saturated rings. The molecule has 1 atom stereocenters. The fraction of sp³-hybridized carbons (Fsp3) is 0.353. The first-order valence-corrected chi connectivity index (χ1v) is 7.47. The van der Waals surface area contributed by atoms with Gasteiger partial charge in [-0.3, -0.25) is 4.79 Å². The summed E-state index contributed by atoms with van der Waals surface area (Å²) in [7, 11) is 0. The Balaban J connectivity index is 1.54. The number of aliphatic hydroxyl groups is 1. The largest absolute Gasteiger partial charge is 0.466 e. The summed E-state index contributed by atoms with van der Waals surface area (Å²) in [6.45, 7) is 4.11. The Morgan fingerprint density at radius 1 is 1.26 bits per heavy atom. The van der Waals surface area contributed by atoms with Crippen molar-refractivity contribution in [3.8, 4) is 11.5 Å². The maximum absolute atomic E-state index is 12.1. The van der Waals surface area contributed by atoms with Crippen molar-refractivity contribution in [2.75, 3.05) is 13.3 Å². The number of furan rings is 1. The van der Waals surface area contributed by atoms with Crippen molar-refractivity contribution >= 4 is 5.91 Å². The van der Waals surface area contributed by atoms with Crippen molar-refractivity contribution in [1.29, 1.82) is 0 Å². The molecule has 3 rings (SSSR count). The van der Waals surface area contributed by atoms with Crippen LogP contribution in [0, 0.1) is 13.8 Å². The van der Waals surface area contributed by atoms with Crippen LogP contribution in [0.1, 0.15) is 40.0 Å². The van der Waals surface area contributed by atoms with Gasteiger partial charge in [0.05, 0.1) is 11.7 Å². The molecule has 0 unspecified atom stereocenters. The number of aliphatic hydroxyl groups excluding tert-OH is 1. The van der Waals surface area contributed by atoms with E-state index >= 15 is 0 Å². The first kappa shape index (κ1) is 15.4. The molecule has 0 saturated carbocycles. The maximum atomic E-state index is 12.1. The molecule has 0 radical (unpaired) electrons. The molecule has 23 heavy (non-hydrogen) atoms. The zero-order valence-electron chi connectivity index (χ0n) is 13.1. The second kappa shape index (κ2) is 6.34. The lowest BCUT2D eigenvalue weighted by Gasteiger charge is -2.12. The number of hydrogen-bond donors (Lipinski definition) is 2. The van der Waals surface area contributed by atoms with Crippen LogP contribution in [0.2, 0.25) is 0 Å². The third-order valence-corrected chi connectivity index (χ3v) is 3.77. The number of hydrogen-bond acceptors (Lipinski definition) is 5. The van der Waals surface area contributed by atoms with Crippen molar-refractivity contribution in [3.05, 3.63) is 46.9 Å². The van der Waals surface area contributed by atoms with Gasteiger partial charge in [0, 0.05) is 6.54 Å². The fourth-order valence-corrected chi connectivity index (χ4v) is 2.56. The molecule has 1 amide bonds. The molecular formula is C17H19NO5. The van der Waals surface area contributed by atoms with Gasteiger partial charge in [-0.25, -0.2) is 0 Å². The van der Waals surface area contributed by atoms with Crippen molar-refractivity contribution in [1.82, 2.24) is 5.32 Å². The van der Waals surface area contributed by atoms with Crippen LogP contribution in [-0.4, -0.2) is 24.4 Å². The van der Waals surface area contributed by atoms with Crippen LogP contribution in [0.4, 0.5) is 0 Å². The number of fused-ring (bicyclic) bond motifs is 1. The van der Waals surface area contributed by atoms with Crippen LogP contribution in [-0.2, 0) is 0 Å². The van der Waals surface area contributed by atoms with Crippen LogP contribution in [0.5, 0.6) is 11.5 Å². The lowest BCUT2D eigenvalue weighted by molar-refractivity contribution is 0.0941. The highest BCUT2D eigenvalue weighted by Crippen LogP contribution is 2.34. The van der Waals surface area contributed by atoms with Gasteiger partial charge in [0.15, 0.2) is 11.5 Å². The summed E-state index contributed by atoms with van der Waals surface area (Å²) in [6.07, 6.45) is -0.279. The minimum atomic E-state index is -0.683. The number of carbonyl (C=O) groups is 1. The Labute approximate surface area is 134 Å². The topological polar surface area (TPSA) is 80.9 Å². The van der Waals surface area contributed by atoms with E-state index in [1.807, 2.05) is 0 Å². The minimum Gasteiger partial charge on any atom is -0.466 e. The highest BCUT2D eigenvalue weighted by molar-refractivity contribution is 5.95. The number of rotatable bonds is 5. The molecule has 1 aromatic heterocycles. The monoisotopic (exact) mass is 317 g/mol. The number of benzene rings is 1. The summed E-state index contributed by atoms with van der Waals surface area (Å²) in [6, 6.07) is 7.04. The quantitative estimate of drug-likeness (QED) is 0.885. The smallest absolute Gasteiger partial charge is 0.254 e. The molecule has 6 heteroatoms. The molecule has 1 aliphatic heterocycles. The Morgan fingerprint density at radius 2 is 2.04 bits per heavy atom. The van der Waals surface area contributed by atoms with E-state index in [4.69, 9.17) is 13.9 Å². The molecule has 1 aliphatic rings. The average Bonchev–Trinajstić information content (AvgIpc) is 3.12. The Hall–Kier alpha value is -2.47. The lowest BCUT2D eigenvalue weighted by Crippen LogP contribution is -2.25. The summed E-state index contributed by atoms with van der Waals surface area (Å²) in [5, 5.41) is 13.0. The standard InChI is InChI=1S/C17H19NO5/c1-10-7-13(11(2)23-10)17(20)18-6-5-14(19)12-3-4-15-16(8-12)22-9-21-15/h3-4,7-8,14,19H,5-6,9H2,1-2H3,(H,18,20)/t14-/m0/s1. The SMILES string of the molecule is Cc1cc(C(=O)NCC[C@H](O)c2ccc3c(c2)OCO3)c(C)o1. The van der Waals surface area contributed by atoms with Crippen molar-refractivity contribution < 1.29 is 23.8 Å². The predicted molar refractivity (Wildman–Crippen MR) is 82.7 cm³/mol. The number of amides is 1. The maximum Gasteiger partial charge on any atom is 0.254 e. The molecule has 0 spiro atoms. The average molecular weight is 317 g/mol. The normalized spacial score (nSPS) is 13.9. The second-order valence-electron chi connectivity index (χ2n) is 5.50. The van der Waals surface area contributed by atoms with E-state index in [2.05, 4.69) is 5.32 Å². The van der Waals surface area contributed by atoms with E-state index in [9.17, 15) is 9.90 Å². The van der Waals surface area contributed by atoms with Gasteiger partial charge in [-0.2, -0.15) is 0 Å². The van der Waals surface area contributed by atoms with E-state index < -0.39 is 6.10 Å². The van der Waals surface area contributed by atoms with E-state index in [0.717, 1.165) is 5.56 Å². The molecule has 2 N–H and O–H groups in total. The molecular weight excluding hydrogens is 298 g/mol. The van der Waals surface area contributed by atoms with E-state index in [1.54, 1.807) is 38.1 Å². The van der Waals surface area contributed by atoms with Gasteiger partial charge in [0.2, 0.25) is 6.79 Å². The number of nitrogens with one attached hydrogen (secondary N) is 1. The number of ether oxygens (including phenoxy) is 2. The molecule has 0 aliphatic carbocycles. The summed E-state index contributed by atoms with van der Waals surface area (Å²) in [5.41, 5.74) is 1.26. The molecule has 1 aromatic carbocycles. The summed E-state index contributed by atoms with van der Waals surface area (Å²) in [5.74, 6) is 2.41. The van der Waals surface area contributed by atoms with E-state index in [0.29, 0.717) is 41.5 Å². The summed E-state index contributed by atoms with van der Waals surface area (Å²) in [4.78, 5) is 12.1. The Morgan fingerprint density at radius 3 is 2.78 bits per heavy atom.